The lowest BCUT2D eigenvalue weighted by Gasteiger charge is -2.22. The second-order valence-corrected chi connectivity index (χ2v) is 6.60. The lowest BCUT2D eigenvalue weighted by Crippen LogP contribution is -2.37. The number of allylic oxidation sites excluding steroid dienone is 1. The maximum absolute atomic E-state index is 13.2. The van der Waals surface area contributed by atoms with E-state index in [-0.39, 0.29) is 13.0 Å². The molecule has 2 rings (SSSR count). The first-order valence-corrected chi connectivity index (χ1v) is 9.77. The van der Waals surface area contributed by atoms with Crippen molar-refractivity contribution in [2.45, 2.75) is 13.3 Å². The Bertz CT molecular complexity index is 975. The molecule has 2 aromatic rings. The van der Waals surface area contributed by atoms with Gasteiger partial charge in [-0.1, -0.05) is 18.2 Å². The van der Waals surface area contributed by atoms with Gasteiger partial charge in [-0.15, -0.1) is 0 Å². The molecule has 170 valence electrons. The number of carbonyl (C=O) groups is 3. The SMILES string of the molecule is C/C=C/c1ccc(OCC(=O)OCC(=O)N(CCC(N)=O)c2ccc(F)cc2)c(OC)c1. The zero-order valence-corrected chi connectivity index (χ0v) is 17.9. The summed E-state index contributed by atoms with van der Waals surface area (Å²) in [6.07, 6.45) is 3.66. The molecule has 32 heavy (non-hydrogen) atoms. The van der Waals surface area contributed by atoms with Crippen molar-refractivity contribution in [3.63, 3.8) is 0 Å². The van der Waals surface area contributed by atoms with E-state index in [0.29, 0.717) is 17.2 Å². The van der Waals surface area contributed by atoms with Gasteiger partial charge in [-0.2, -0.15) is 0 Å². The van der Waals surface area contributed by atoms with Gasteiger partial charge in [-0.05, 0) is 48.9 Å². The van der Waals surface area contributed by atoms with Crippen molar-refractivity contribution in [2.24, 2.45) is 5.73 Å². The van der Waals surface area contributed by atoms with Gasteiger partial charge in [-0.3, -0.25) is 9.59 Å². The van der Waals surface area contributed by atoms with Crippen LogP contribution in [0.4, 0.5) is 10.1 Å². The highest BCUT2D eigenvalue weighted by Crippen LogP contribution is 2.28. The molecule has 2 aromatic carbocycles. The van der Waals surface area contributed by atoms with Crippen molar-refractivity contribution in [3.8, 4) is 11.5 Å². The first kappa shape index (κ1) is 24.4. The fourth-order valence-corrected chi connectivity index (χ4v) is 2.74. The van der Waals surface area contributed by atoms with Gasteiger partial charge in [0, 0.05) is 18.7 Å². The van der Waals surface area contributed by atoms with Gasteiger partial charge in [0.25, 0.3) is 5.91 Å². The number of hydrogen-bond donors (Lipinski definition) is 1. The normalized spacial score (nSPS) is 10.6. The molecule has 0 heterocycles. The van der Waals surface area contributed by atoms with E-state index in [2.05, 4.69) is 0 Å². The number of benzene rings is 2. The summed E-state index contributed by atoms with van der Waals surface area (Å²) in [6, 6.07) is 10.3. The Balaban J connectivity index is 1.95. The Hall–Kier alpha value is -3.88. The van der Waals surface area contributed by atoms with Crippen molar-refractivity contribution in [2.75, 3.05) is 31.8 Å². The zero-order valence-electron chi connectivity index (χ0n) is 17.9. The molecule has 0 aromatic heterocycles. The molecule has 0 aliphatic heterocycles. The molecule has 0 radical (unpaired) electrons. The van der Waals surface area contributed by atoms with E-state index in [1.165, 1.54) is 36.3 Å². The van der Waals surface area contributed by atoms with Gasteiger partial charge >= 0.3 is 5.97 Å². The van der Waals surface area contributed by atoms with Crippen molar-refractivity contribution in [1.82, 2.24) is 0 Å². The second-order valence-electron chi connectivity index (χ2n) is 6.60. The molecular weight excluding hydrogens is 419 g/mol. The Labute approximate surface area is 185 Å². The van der Waals surface area contributed by atoms with E-state index in [1.54, 1.807) is 18.2 Å². The predicted octanol–water partition coefficient (Wildman–Crippen LogP) is 2.70. The summed E-state index contributed by atoms with van der Waals surface area (Å²) in [5.74, 6) is -1.67. The number of ether oxygens (including phenoxy) is 3. The van der Waals surface area contributed by atoms with Gasteiger partial charge in [0.1, 0.15) is 5.82 Å². The third-order valence-electron chi connectivity index (χ3n) is 4.27. The number of carbonyl (C=O) groups excluding carboxylic acids is 3. The molecule has 9 heteroatoms. The largest absolute Gasteiger partial charge is 0.493 e. The van der Waals surface area contributed by atoms with Crippen LogP contribution in [0.2, 0.25) is 0 Å². The number of hydrogen-bond acceptors (Lipinski definition) is 6. The quantitative estimate of drug-likeness (QED) is 0.534. The van der Waals surface area contributed by atoms with Crippen molar-refractivity contribution < 1.29 is 33.0 Å². The van der Waals surface area contributed by atoms with Crippen LogP contribution in [0.5, 0.6) is 11.5 Å². The number of primary amides is 1. The maximum atomic E-state index is 13.2. The highest BCUT2D eigenvalue weighted by atomic mass is 19.1. The number of nitrogens with two attached hydrogens (primary N) is 1. The Morgan fingerprint density at radius 3 is 2.41 bits per heavy atom. The molecule has 0 saturated heterocycles. The van der Waals surface area contributed by atoms with Gasteiger partial charge in [0.2, 0.25) is 5.91 Å². The third-order valence-corrected chi connectivity index (χ3v) is 4.27. The van der Waals surface area contributed by atoms with Crippen LogP contribution in [0.3, 0.4) is 0 Å². The molecule has 0 saturated carbocycles. The van der Waals surface area contributed by atoms with Gasteiger partial charge in [-0.25, -0.2) is 9.18 Å². The van der Waals surface area contributed by atoms with Crippen LogP contribution >= 0.6 is 0 Å². The summed E-state index contributed by atoms with van der Waals surface area (Å²) in [5.41, 5.74) is 6.40. The zero-order chi connectivity index (χ0) is 23.5. The van der Waals surface area contributed by atoms with Crippen LogP contribution in [0, 0.1) is 5.82 Å². The maximum Gasteiger partial charge on any atom is 0.344 e. The van der Waals surface area contributed by atoms with Crippen molar-refractivity contribution >= 4 is 29.5 Å². The molecule has 2 N–H and O–H groups in total. The smallest absolute Gasteiger partial charge is 0.344 e. The number of rotatable bonds is 11. The van der Waals surface area contributed by atoms with Gasteiger partial charge < -0.3 is 24.8 Å². The van der Waals surface area contributed by atoms with Crippen molar-refractivity contribution in [1.29, 1.82) is 0 Å². The summed E-state index contributed by atoms with van der Waals surface area (Å²) >= 11 is 0. The number of amides is 2. The van der Waals surface area contributed by atoms with Crippen LogP contribution in [-0.2, 0) is 19.1 Å². The topological polar surface area (TPSA) is 108 Å². The molecule has 2 amide bonds. The number of nitrogens with zero attached hydrogens (tertiary/aromatic N) is 1. The van der Waals surface area contributed by atoms with E-state index < -0.39 is 36.8 Å². The molecule has 0 aliphatic carbocycles. The summed E-state index contributed by atoms with van der Waals surface area (Å²) in [6.45, 7) is 0.822. The molecule has 0 aliphatic rings. The molecule has 0 bridgehead atoms. The highest BCUT2D eigenvalue weighted by molar-refractivity contribution is 5.95. The number of methoxy groups -OCH3 is 1. The van der Waals surface area contributed by atoms with Crippen LogP contribution in [0.15, 0.2) is 48.5 Å². The molecule has 0 unspecified atom stereocenters. The number of esters is 1. The summed E-state index contributed by atoms with van der Waals surface area (Å²) in [7, 11) is 1.48. The molecule has 0 atom stereocenters. The minimum absolute atomic E-state index is 0.0381. The van der Waals surface area contributed by atoms with E-state index in [1.807, 2.05) is 19.1 Å². The molecular formula is C23H25FN2O6. The molecule has 0 fully saturated rings. The lowest BCUT2D eigenvalue weighted by atomic mass is 10.2. The third kappa shape index (κ3) is 7.42. The van der Waals surface area contributed by atoms with Crippen molar-refractivity contribution in [3.05, 3.63) is 59.9 Å². The Kier molecular flexibility index (Phi) is 9.22. The van der Waals surface area contributed by atoms with E-state index in [9.17, 15) is 18.8 Å². The Morgan fingerprint density at radius 1 is 1.06 bits per heavy atom. The molecule has 0 spiro atoms. The first-order valence-electron chi connectivity index (χ1n) is 9.77. The second kappa shape index (κ2) is 12.1. The van der Waals surface area contributed by atoms with E-state index in [4.69, 9.17) is 19.9 Å². The van der Waals surface area contributed by atoms with E-state index in [0.717, 1.165) is 5.56 Å². The first-order chi connectivity index (χ1) is 15.3. The lowest BCUT2D eigenvalue weighted by molar-refractivity contribution is -0.149. The fourth-order valence-electron chi connectivity index (χ4n) is 2.74. The fraction of sp³-hybridized carbons (Fsp3) is 0.261. The summed E-state index contributed by atoms with van der Waals surface area (Å²) < 4.78 is 28.9. The minimum atomic E-state index is -0.771. The van der Waals surface area contributed by atoms with E-state index >= 15 is 0 Å². The van der Waals surface area contributed by atoms with Crippen LogP contribution in [-0.4, -0.2) is 44.7 Å². The Morgan fingerprint density at radius 2 is 1.78 bits per heavy atom. The number of halogens is 1. The van der Waals surface area contributed by atoms with Crippen LogP contribution in [0.1, 0.15) is 18.9 Å². The van der Waals surface area contributed by atoms with Crippen LogP contribution in [0.25, 0.3) is 6.08 Å². The molecule has 8 nitrogen and oxygen atoms in total. The monoisotopic (exact) mass is 444 g/mol. The minimum Gasteiger partial charge on any atom is -0.493 e. The predicted molar refractivity (Wildman–Crippen MR) is 117 cm³/mol. The standard InChI is InChI=1S/C23H25FN2O6/c1-3-4-16-5-10-19(20(13-16)30-2)31-15-23(29)32-14-22(28)26(12-11-21(25)27)18-8-6-17(24)7-9-18/h3-10,13H,11-12,14-15H2,1-2H3,(H2,25,27)/b4-3+. The van der Waals surface area contributed by atoms with Gasteiger partial charge in [0.15, 0.2) is 24.7 Å². The summed E-state index contributed by atoms with van der Waals surface area (Å²) in [5, 5.41) is 0. The average Bonchev–Trinajstić information content (AvgIpc) is 2.78. The summed E-state index contributed by atoms with van der Waals surface area (Å²) in [4.78, 5) is 36.9. The highest BCUT2D eigenvalue weighted by Gasteiger charge is 2.19. The van der Waals surface area contributed by atoms with Gasteiger partial charge in [0.05, 0.1) is 7.11 Å². The van der Waals surface area contributed by atoms with Crippen LogP contribution < -0.4 is 20.1 Å². The number of anilines is 1. The average molecular weight is 444 g/mol.